The van der Waals surface area contributed by atoms with Gasteiger partial charge in [-0.1, -0.05) is 0 Å². The van der Waals surface area contributed by atoms with Crippen LogP contribution in [0.3, 0.4) is 0 Å². The summed E-state index contributed by atoms with van der Waals surface area (Å²) in [6, 6.07) is -0.530. The van der Waals surface area contributed by atoms with E-state index in [0.29, 0.717) is 0 Å². The molecule has 0 spiro atoms. The zero-order chi connectivity index (χ0) is 6.36. The number of nitrogens with two attached hydrogens (primary N) is 1. The number of ether oxygens (including phenoxy) is 1. The number of hydrogen-bond donors (Lipinski definition) is 3. The average Bonchev–Trinajstić information content (AvgIpc) is 2.17. The fraction of sp³-hybridized carbons (Fsp3) is 1.00. The average molecular weight is 119 g/mol. The van der Waals surface area contributed by atoms with Crippen LogP contribution in [0.4, 0.5) is 0 Å². The first kappa shape index (κ1) is 5.97. The van der Waals surface area contributed by atoms with Crippen LogP contribution in [0, 0.1) is 0 Å². The Morgan fingerprint density at radius 3 is 2.25 bits per heavy atom. The van der Waals surface area contributed by atoms with Crippen LogP contribution in [0.2, 0.25) is 0 Å². The molecular weight excluding hydrogens is 110 g/mol. The van der Waals surface area contributed by atoms with Crippen molar-refractivity contribution in [3.63, 3.8) is 0 Å². The Labute approximate surface area is 46.9 Å². The Kier molecular flexibility index (Phi) is 1.06. The molecule has 1 aliphatic rings. The van der Waals surface area contributed by atoms with Gasteiger partial charge < -0.3 is 20.7 Å². The van der Waals surface area contributed by atoms with E-state index in [2.05, 4.69) is 4.74 Å². The number of rotatable bonds is 1. The van der Waals surface area contributed by atoms with Crippen LogP contribution in [0.15, 0.2) is 0 Å². The topological polar surface area (TPSA) is 79.0 Å². The molecule has 0 amide bonds. The van der Waals surface area contributed by atoms with E-state index in [1.807, 2.05) is 0 Å². The molecule has 1 rings (SSSR count). The molecule has 0 aromatic rings. The van der Waals surface area contributed by atoms with Crippen molar-refractivity contribution in [1.29, 1.82) is 0 Å². The van der Waals surface area contributed by atoms with E-state index in [-0.39, 0.29) is 0 Å². The molecule has 4 N–H and O–H groups in total. The lowest BCUT2D eigenvalue weighted by Crippen LogP contribution is -2.36. The summed E-state index contributed by atoms with van der Waals surface area (Å²) in [5.41, 5.74) is 5.19. The van der Waals surface area contributed by atoms with Gasteiger partial charge in [-0.05, 0) is 6.92 Å². The lowest BCUT2D eigenvalue weighted by molar-refractivity contribution is 0.0165. The van der Waals surface area contributed by atoms with Gasteiger partial charge in [-0.2, -0.15) is 0 Å². The van der Waals surface area contributed by atoms with Gasteiger partial charge in [0.1, 0.15) is 0 Å². The van der Waals surface area contributed by atoms with E-state index in [1.165, 1.54) is 0 Å². The molecule has 4 nitrogen and oxygen atoms in total. The third-order valence-corrected chi connectivity index (χ3v) is 1.25. The minimum Gasteiger partial charge on any atom is -0.364 e. The predicted molar refractivity (Wildman–Crippen MR) is 25.7 cm³/mol. The van der Waals surface area contributed by atoms with Gasteiger partial charge >= 0.3 is 0 Å². The predicted octanol–water partition coefficient (Wildman–Crippen LogP) is -1.63. The Hall–Kier alpha value is -0.160. The van der Waals surface area contributed by atoms with Gasteiger partial charge in [0.15, 0.2) is 0 Å². The molecule has 0 saturated carbocycles. The molecule has 3 unspecified atom stereocenters. The van der Waals surface area contributed by atoms with Gasteiger partial charge in [-0.25, -0.2) is 0 Å². The Bertz CT molecular complexity index is 105. The largest absolute Gasteiger partial charge is 0.364 e. The summed E-state index contributed by atoms with van der Waals surface area (Å²) in [6.07, 6.45) is -1.08. The molecule has 0 aromatic carbocycles. The van der Waals surface area contributed by atoms with E-state index >= 15 is 0 Å². The van der Waals surface area contributed by atoms with Crippen molar-refractivity contribution < 1.29 is 14.9 Å². The van der Waals surface area contributed by atoms with Gasteiger partial charge in [0, 0.05) is 0 Å². The minimum absolute atomic E-state index is 0.530. The summed E-state index contributed by atoms with van der Waals surface area (Å²) < 4.78 is 4.35. The maximum Gasteiger partial charge on any atom is 0.235 e. The summed E-state index contributed by atoms with van der Waals surface area (Å²) in [6.45, 7) is 1.57. The first-order valence-corrected chi connectivity index (χ1v) is 2.41. The van der Waals surface area contributed by atoms with Crippen molar-refractivity contribution in [3.8, 4) is 0 Å². The van der Waals surface area contributed by atoms with Crippen LogP contribution in [0.1, 0.15) is 6.92 Å². The van der Waals surface area contributed by atoms with E-state index < -0.39 is 18.1 Å². The van der Waals surface area contributed by atoms with Crippen molar-refractivity contribution in [2.75, 3.05) is 0 Å². The molecule has 0 radical (unpaired) electrons. The van der Waals surface area contributed by atoms with Crippen LogP contribution in [0.5, 0.6) is 0 Å². The normalized spacial score (nSPS) is 48.8. The van der Waals surface area contributed by atoms with Crippen molar-refractivity contribution in [2.45, 2.75) is 25.0 Å². The third kappa shape index (κ3) is 0.621. The van der Waals surface area contributed by atoms with E-state index in [9.17, 15) is 0 Å². The standard InChI is InChI=1S/C4H9NO3/c1-2(5)4(7)3(6)8-4/h2-3,6-7H,5H2,1H3. The van der Waals surface area contributed by atoms with Crippen molar-refractivity contribution in [2.24, 2.45) is 5.73 Å². The molecule has 48 valence electrons. The molecule has 1 saturated heterocycles. The molecule has 0 aromatic heterocycles. The van der Waals surface area contributed by atoms with Crippen LogP contribution < -0.4 is 5.73 Å². The highest BCUT2D eigenvalue weighted by Gasteiger charge is 2.57. The first-order chi connectivity index (χ1) is 3.57. The summed E-state index contributed by atoms with van der Waals surface area (Å²) >= 11 is 0. The number of aliphatic hydroxyl groups excluding tert-OH is 1. The highest BCUT2D eigenvalue weighted by molar-refractivity contribution is 4.91. The zero-order valence-electron chi connectivity index (χ0n) is 4.53. The summed E-state index contributed by atoms with van der Waals surface area (Å²) in [4.78, 5) is 0. The van der Waals surface area contributed by atoms with Crippen LogP contribution >= 0.6 is 0 Å². The fourth-order valence-electron chi connectivity index (χ4n) is 0.477. The molecule has 1 fully saturated rings. The number of aliphatic hydroxyl groups is 2. The second-order valence-electron chi connectivity index (χ2n) is 2.01. The lowest BCUT2D eigenvalue weighted by Gasteiger charge is -2.05. The molecule has 1 heterocycles. The Morgan fingerprint density at radius 1 is 1.88 bits per heavy atom. The molecule has 0 aliphatic carbocycles. The second kappa shape index (κ2) is 1.41. The molecule has 0 bridgehead atoms. The number of epoxide rings is 1. The van der Waals surface area contributed by atoms with Crippen LogP contribution in [0.25, 0.3) is 0 Å². The molecule has 1 aliphatic heterocycles. The highest BCUT2D eigenvalue weighted by Crippen LogP contribution is 2.33. The monoisotopic (exact) mass is 119 g/mol. The quantitative estimate of drug-likeness (QED) is 0.362. The smallest absolute Gasteiger partial charge is 0.235 e. The van der Waals surface area contributed by atoms with Crippen molar-refractivity contribution in [3.05, 3.63) is 0 Å². The first-order valence-electron chi connectivity index (χ1n) is 2.41. The molecule has 3 atom stereocenters. The Morgan fingerprint density at radius 2 is 2.25 bits per heavy atom. The SMILES string of the molecule is CC(N)C1(O)OC1O. The van der Waals surface area contributed by atoms with E-state index in [0.717, 1.165) is 0 Å². The maximum atomic E-state index is 8.88. The van der Waals surface area contributed by atoms with Crippen molar-refractivity contribution >= 4 is 0 Å². The maximum absolute atomic E-state index is 8.88. The fourth-order valence-corrected chi connectivity index (χ4v) is 0.477. The molecule has 4 heteroatoms. The van der Waals surface area contributed by atoms with E-state index in [4.69, 9.17) is 15.9 Å². The lowest BCUT2D eigenvalue weighted by atomic mass is 10.2. The third-order valence-electron chi connectivity index (χ3n) is 1.25. The summed E-state index contributed by atoms with van der Waals surface area (Å²) in [7, 11) is 0. The Balaban J connectivity index is 2.47. The van der Waals surface area contributed by atoms with Gasteiger partial charge in [-0.3, -0.25) is 0 Å². The molecular formula is C4H9NO3. The van der Waals surface area contributed by atoms with Crippen molar-refractivity contribution in [1.82, 2.24) is 0 Å². The molecule has 8 heavy (non-hydrogen) atoms. The second-order valence-corrected chi connectivity index (χ2v) is 2.01. The van der Waals surface area contributed by atoms with E-state index in [1.54, 1.807) is 6.92 Å². The highest BCUT2D eigenvalue weighted by atomic mass is 16.8. The van der Waals surface area contributed by atoms with Crippen LogP contribution in [-0.4, -0.2) is 28.3 Å². The minimum atomic E-state index is -1.46. The van der Waals surface area contributed by atoms with Gasteiger partial charge in [0.05, 0.1) is 6.04 Å². The van der Waals surface area contributed by atoms with Crippen LogP contribution in [-0.2, 0) is 4.74 Å². The zero-order valence-corrected chi connectivity index (χ0v) is 4.53. The van der Waals surface area contributed by atoms with Gasteiger partial charge in [-0.15, -0.1) is 0 Å². The van der Waals surface area contributed by atoms with Gasteiger partial charge in [0.25, 0.3) is 0 Å². The van der Waals surface area contributed by atoms with Gasteiger partial charge in [0.2, 0.25) is 12.1 Å². The summed E-state index contributed by atoms with van der Waals surface area (Å²) in [5, 5.41) is 17.4. The number of hydrogen-bond acceptors (Lipinski definition) is 4. The summed E-state index contributed by atoms with van der Waals surface area (Å²) in [5.74, 6) is -1.46.